The second kappa shape index (κ2) is 6.88. The molecule has 13 heavy (non-hydrogen) atoms. The summed E-state index contributed by atoms with van der Waals surface area (Å²) in [7, 11) is 0. The van der Waals surface area contributed by atoms with Gasteiger partial charge in [0, 0.05) is 0 Å². The Labute approximate surface area is 82.2 Å². The van der Waals surface area contributed by atoms with Gasteiger partial charge in [0.25, 0.3) is 0 Å². The predicted molar refractivity (Wildman–Crippen MR) is 57.7 cm³/mol. The average molecular weight is 182 g/mol. The van der Waals surface area contributed by atoms with Gasteiger partial charge in [-0.15, -0.1) is 0 Å². The Bertz CT molecular complexity index is 166. The highest BCUT2D eigenvalue weighted by atomic mass is 16.1. The zero-order valence-corrected chi connectivity index (χ0v) is 9.34. The van der Waals surface area contributed by atoms with Crippen LogP contribution < -0.4 is 0 Å². The summed E-state index contributed by atoms with van der Waals surface area (Å²) in [5.74, 6) is 1.33. The average Bonchev–Trinajstić information content (AvgIpc) is 2.04. The molecule has 0 amide bonds. The van der Waals surface area contributed by atoms with Crippen LogP contribution >= 0.6 is 0 Å². The van der Waals surface area contributed by atoms with E-state index in [1.165, 1.54) is 0 Å². The largest absolute Gasteiger partial charge is 0.298 e. The molecule has 0 aliphatic carbocycles. The van der Waals surface area contributed by atoms with Crippen molar-refractivity contribution in [3.05, 3.63) is 11.6 Å². The molecule has 76 valence electrons. The highest BCUT2D eigenvalue weighted by molar-refractivity contribution is 5.72. The van der Waals surface area contributed by atoms with Gasteiger partial charge in [-0.3, -0.25) is 4.79 Å². The van der Waals surface area contributed by atoms with E-state index in [1.807, 2.05) is 0 Å². The maximum absolute atomic E-state index is 10.7. The summed E-state index contributed by atoms with van der Waals surface area (Å²) in [5, 5.41) is 0. The number of hydrogen-bond donors (Lipinski definition) is 0. The van der Waals surface area contributed by atoms with Gasteiger partial charge in [-0.2, -0.15) is 0 Å². The molecule has 0 N–H and O–H groups in total. The van der Waals surface area contributed by atoms with Gasteiger partial charge in [0.15, 0.2) is 0 Å². The Morgan fingerprint density at radius 2 is 1.77 bits per heavy atom. The molecule has 1 heteroatoms. The molecule has 0 heterocycles. The predicted octanol–water partition coefficient (Wildman–Crippen LogP) is 3.59. The summed E-state index contributed by atoms with van der Waals surface area (Å²) in [5.41, 5.74) is 0.974. The molecule has 0 bridgehead atoms. The van der Waals surface area contributed by atoms with Crippen LogP contribution in [0.3, 0.4) is 0 Å². The number of rotatable bonds is 6. The van der Waals surface area contributed by atoms with E-state index >= 15 is 0 Å². The normalized spacial score (nSPS) is 12.6. The monoisotopic (exact) mass is 182 g/mol. The standard InChI is InChI=1S/C12H22O/c1-10(2)5-7-12(9-13)8-6-11(3)4/h7,9-11H,5-6,8H2,1-4H3/b12-7+. The van der Waals surface area contributed by atoms with Gasteiger partial charge in [0.05, 0.1) is 0 Å². The first-order valence-electron chi connectivity index (χ1n) is 5.20. The molecular weight excluding hydrogens is 160 g/mol. The minimum Gasteiger partial charge on any atom is -0.298 e. The lowest BCUT2D eigenvalue weighted by Gasteiger charge is -2.04. The van der Waals surface area contributed by atoms with Crippen molar-refractivity contribution in [3.63, 3.8) is 0 Å². The quantitative estimate of drug-likeness (QED) is 0.453. The summed E-state index contributed by atoms with van der Waals surface area (Å²) in [6, 6.07) is 0. The van der Waals surface area contributed by atoms with Crippen LogP contribution in [0.5, 0.6) is 0 Å². The molecule has 1 nitrogen and oxygen atoms in total. The van der Waals surface area contributed by atoms with E-state index in [2.05, 4.69) is 33.8 Å². The molecule has 0 saturated heterocycles. The zero-order chi connectivity index (χ0) is 10.3. The summed E-state index contributed by atoms with van der Waals surface area (Å²) in [6.07, 6.45) is 6.16. The van der Waals surface area contributed by atoms with Crippen molar-refractivity contribution in [1.29, 1.82) is 0 Å². The first kappa shape index (κ1) is 12.4. The van der Waals surface area contributed by atoms with Crippen LogP contribution in [-0.4, -0.2) is 6.29 Å². The van der Waals surface area contributed by atoms with Crippen LogP contribution in [0.1, 0.15) is 47.0 Å². The minimum atomic E-state index is 0.647. The van der Waals surface area contributed by atoms with Crippen molar-refractivity contribution in [2.75, 3.05) is 0 Å². The number of hydrogen-bond acceptors (Lipinski definition) is 1. The van der Waals surface area contributed by atoms with E-state index in [1.54, 1.807) is 0 Å². The van der Waals surface area contributed by atoms with Gasteiger partial charge in [-0.25, -0.2) is 0 Å². The van der Waals surface area contributed by atoms with Crippen molar-refractivity contribution in [2.24, 2.45) is 11.8 Å². The molecule has 0 unspecified atom stereocenters. The third kappa shape index (κ3) is 7.76. The van der Waals surface area contributed by atoms with Crippen molar-refractivity contribution in [2.45, 2.75) is 47.0 Å². The van der Waals surface area contributed by atoms with Crippen LogP contribution in [0.25, 0.3) is 0 Å². The van der Waals surface area contributed by atoms with Crippen molar-refractivity contribution < 1.29 is 4.79 Å². The molecule has 0 saturated carbocycles. The van der Waals surface area contributed by atoms with Crippen molar-refractivity contribution in [1.82, 2.24) is 0 Å². The second-order valence-corrected chi connectivity index (χ2v) is 4.46. The Hall–Kier alpha value is -0.590. The molecule has 0 radical (unpaired) electrons. The zero-order valence-electron chi connectivity index (χ0n) is 9.34. The SMILES string of the molecule is CC(C)C/C=C(/C=O)CCC(C)C. The van der Waals surface area contributed by atoms with Gasteiger partial charge in [0.1, 0.15) is 6.29 Å². The lowest BCUT2D eigenvalue weighted by Crippen LogP contribution is -1.93. The summed E-state index contributed by atoms with van der Waals surface area (Å²) in [4.78, 5) is 10.7. The van der Waals surface area contributed by atoms with Gasteiger partial charge >= 0.3 is 0 Å². The minimum absolute atomic E-state index is 0.647. The Kier molecular flexibility index (Phi) is 6.56. The van der Waals surface area contributed by atoms with Gasteiger partial charge in [0.2, 0.25) is 0 Å². The van der Waals surface area contributed by atoms with E-state index in [0.717, 1.165) is 31.1 Å². The number of carbonyl (C=O) groups excluding carboxylic acids is 1. The lowest BCUT2D eigenvalue weighted by molar-refractivity contribution is -0.105. The van der Waals surface area contributed by atoms with Crippen LogP contribution in [0.4, 0.5) is 0 Å². The molecule has 0 aromatic carbocycles. The molecule has 0 fully saturated rings. The fourth-order valence-corrected chi connectivity index (χ4v) is 1.05. The highest BCUT2D eigenvalue weighted by Gasteiger charge is 1.99. The lowest BCUT2D eigenvalue weighted by atomic mass is 10.0. The van der Waals surface area contributed by atoms with Gasteiger partial charge in [-0.05, 0) is 36.7 Å². The molecule has 0 aromatic heterocycles. The second-order valence-electron chi connectivity index (χ2n) is 4.46. The van der Waals surface area contributed by atoms with E-state index in [4.69, 9.17) is 0 Å². The Balaban J connectivity index is 3.87. The molecule has 0 aliphatic rings. The third-order valence-electron chi connectivity index (χ3n) is 2.01. The van der Waals surface area contributed by atoms with Crippen LogP contribution in [0.15, 0.2) is 11.6 Å². The van der Waals surface area contributed by atoms with Crippen molar-refractivity contribution in [3.8, 4) is 0 Å². The maximum atomic E-state index is 10.7. The summed E-state index contributed by atoms with van der Waals surface area (Å²) < 4.78 is 0. The fourth-order valence-electron chi connectivity index (χ4n) is 1.05. The maximum Gasteiger partial charge on any atom is 0.145 e. The van der Waals surface area contributed by atoms with E-state index < -0.39 is 0 Å². The van der Waals surface area contributed by atoms with E-state index in [-0.39, 0.29) is 0 Å². The van der Waals surface area contributed by atoms with Crippen LogP contribution in [-0.2, 0) is 4.79 Å². The summed E-state index contributed by atoms with van der Waals surface area (Å²) >= 11 is 0. The Morgan fingerprint density at radius 3 is 2.15 bits per heavy atom. The molecular formula is C12H22O. The van der Waals surface area contributed by atoms with Crippen LogP contribution in [0.2, 0.25) is 0 Å². The van der Waals surface area contributed by atoms with Crippen LogP contribution in [0, 0.1) is 11.8 Å². The Morgan fingerprint density at radius 1 is 1.15 bits per heavy atom. The van der Waals surface area contributed by atoms with Gasteiger partial charge in [-0.1, -0.05) is 33.8 Å². The number of carbonyl (C=O) groups is 1. The van der Waals surface area contributed by atoms with Crippen molar-refractivity contribution >= 4 is 6.29 Å². The molecule has 0 aromatic rings. The molecule has 0 atom stereocenters. The topological polar surface area (TPSA) is 17.1 Å². The fraction of sp³-hybridized carbons (Fsp3) is 0.750. The number of aldehydes is 1. The molecule has 0 spiro atoms. The first-order chi connectivity index (χ1) is 6.06. The van der Waals surface area contributed by atoms with Gasteiger partial charge < -0.3 is 0 Å². The first-order valence-corrected chi connectivity index (χ1v) is 5.20. The smallest absolute Gasteiger partial charge is 0.145 e. The molecule has 0 aliphatic heterocycles. The third-order valence-corrected chi connectivity index (χ3v) is 2.01. The highest BCUT2D eigenvalue weighted by Crippen LogP contribution is 2.12. The molecule has 0 rings (SSSR count). The van der Waals surface area contributed by atoms with E-state index in [9.17, 15) is 4.79 Å². The summed E-state index contributed by atoms with van der Waals surface area (Å²) in [6.45, 7) is 8.71. The van der Waals surface area contributed by atoms with E-state index in [0.29, 0.717) is 11.8 Å². The number of allylic oxidation sites excluding steroid dienone is 2.